The van der Waals surface area contributed by atoms with Crippen molar-refractivity contribution in [2.45, 2.75) is 11.4 Å². The smallest absolute Gasteiger partial charge is 0.267 e. The molecular weight excluding hydrogens is 300 g/mol. The summed E-state index contributed by atoms with van der Waals surface area (Å²) in [6.07, 6.45) is 2.76. The fourth-order valence-corrected chi connectivity index (χ4v) is 3.06. The van der Waals surface area contributed by atoms with Crippen LogP contribution < -0.4 is 5.32 Å². The van der Waals surface area contributed by atoms with Crippen molar-refractivity contribution in [2.24, 2.45) is 0 Å². The third-order valence-electron chi connectivity index (χ3n) is 2.69. The number of carbonyl (C=O) groups excluding carboxylic acids is 1. The number of amides is 1. The van der Waals surface area contributed by atoms with Crippen molar-refractivity contribution >= 4 is 27.3 Å². The fourth-order valence-electron chi connectivity index (χ4n) is 1.70. The van der Waals surface area contributed by atoms with E-state index in [9.17, 15) is 13.2 Å². The molecule has 0 saturated heterocycles. The summed E-state index contributed by atoms with van der Waals surface area (Å²) in [5.41, 5.74) is 1.19. The molecule has 7 heteroatoms. The molecule has 106 valence electrons. The number of nitrogens with one attached hydrogen (secondary N) is 2. The first-order valence-electron chi connectivity index (χ1n) is 5.78. The van der Waals surface area contributed by atoms with Crippen molar-refractivity contribution in [3.05, 3.63) is 52.8 Å². The van der Waals surface area contributed by atoms with Crippen LogP contribution in [0.4, 0.5) is 0 Å². The van der Waals surface area contributed by atoms with Crippen molar-refractivity contribution < 1.29 is 13.2 Å². The van der Waals surface area contributed by atoms with Gasteiger partial charge in [0.05, 0.1) is 9.92 Å². The van der Waals surface area contributed by atoms with E-state index in [0.29, 0.717) is 5.69 Å². The highest BCUT2D eigenvalue weighted by atomic mass is 35.5. The minimum atomic E-state index is -3.34. The van der Waals surface area contributed by atoms with Gasteiger partial charge in [-0.15, -0.1) is 0 Å². The van der Waals surface area contributed by atoms with Gasteiger partial charge in [0.1, 0.15) is 5.69 Å². The Morgan fingerprint density at radius 1 is 1.35 bits per heavy atom. The van der Waals surface area contributed by atoms with Crippen LogP contribution in [0.3, 0.4) is 0 Å². The predicted octanol–water partition coefficient (Wildman–Crippen LogP) is 2.00. The number of aromatic nitrogens is 1. The molecule has 0 aliphatic rings. The Morgan fingerprint density at radius 3 is 2.65 bits per heavy atom. The van der Waals surface area contributed by atoms with E-state index < -0.39 is 9.84 Å². The Kier molecular flexibility index (Phi) is 4.15. The zero-order valence-corrected chi connectivity index (χ0v) is 12.3. The molecule has 0 atom stereocenters. The number of benzene rings is 1. The average Bonchev–Trinajstić information content (AvgIpc) is 2.88. The predicted molar refractivity (Wildman–Crippen MR) is 76.5 cm³/mol. The zero-order valence-electron chi connectivity index (χ0n) is 10.7. The lowest BCUT2D eigenvalue weighted by Gasteiger charge is -2.07. The van der Waals surface area contributed by atoms with E-state index in [4.69, 9.17) is 11.6 Å². The largest absolute Gasteiger partial charge is 0.357 e. The number of hydrogen-bond donors (Lipinski definition) is 2. The summed E-state index contributed by atoms with van der Waals surface area (Å²) in [7, 11) is -3.34. The van der Waals surface area contributed by atoms with Crippen LogP contribution in [-0.2, 0) is 16.4 Å². The van der Waals surface area contributed by atoms with Gasteiger partial charge in [0.15, 0.2) is 9.84 Å². The van der Waals surface area contributed by atoms with Gasteiger partial charge in [0.2, 0.25) is 0 Å². The van der Waals surface area contributed by atoms with Crippen LogP contribution in [0.5, 0.6) is 0 Å². The molecule has 2 rings (SSSR count). The molecule has 0 aliphatic carbocycles. The van der Waals surface area contributed by atoms with E-state index in [2.05, 4.69) is 10.3 Å². The molecule has 0 bridgehead atoms. The molecule has 0 saturated carbocycles. The van der Waals surface area contributed by atoms with Gasteiger partial charge in [-0.1, -0.05) is 17.7 Å². The molecule has 1 amide bonds. The maximum atomic E-state index is 11.7. The topological polar surface area (TPSA) is 79.0 Å². The zero-order chi connectivity index (χ0) is 14.8. The van der Waals surface area contributed by atoms with Gasteiger partial charge < -0.3 is 10.3 Å². The summed E-state index contributed by atoms with van der Waals surface area (Å²) in [5, 5.41) is 2.86. The minimum Gasteiger partial charge on any atom is -0.357 e. The van der Waals surface area contributed by atoms with E-state index in [1.54, 1.807) is 24.4 Å². The van der Waals surface area contributed by atoms with Crippen LogP contribution in [0.2, 0.25) is 5.02 Å². The second kappa shape index (κ2) is 5.68. The van der Waals surface area contributed by atoms with Crippen LogP contribution in [0, 0.1) is 0 Å². The van der Waals surface area contributed by atoms with Crippen molar-refractivity contribution in [3.63, 3.8) is 0 Å². The highest BCUT2D eigenvalue weighted by Crippen LogP contribution is 2.22. The fraction of sp³-hybridized carbons (Fsp3) is 0.154. The SMILES string of the molecule is CS(=O)(=O)c1ccc(CNC(=O)c2ccc[nH]2)cc1Cl. The van der Waals surface area contributed by atoms with Gasteiger partial charge in [-0.25, -0.2) is 8.42 Å². The molecule has 0 aliphatic heterocycles. The van der Waals surface area contributed by atoms with Gasteiger partial charge in [-0.3, -0.25) is 4.79 Å². The number of halogens is 1. The van der Waals surface area contributed by atoms with Gasteiger partial charge in [-0.05, 0) is 29.8 Å². The van der Waals surface area contributed by atoms with Crippen molar-refractivity contribution in [2.75, 3.05) is 6.26 Å². The summed E-state index contributed by atoms with van der Waals surface area (Å²) in [6.45, 7) is 0.265. The Hall–Kier alpha value is -1.79. The maximum absolute atomic E-state index is 11.7. The normalized spacial score (nSPS) is 11.3. The van der Waals surface area contributed by atoms with Gasteiger partial charge in [0, 0.05) is 19.0 Å². The highest BCUT2D eigenvalue weighted by molar-refractivity contribution is 7.90. The molecule has 0 fully saturated rings. The maximum Gasteiger partial charge on any atom is 0.267 e. The van der Waals surface area contributed by atoms with Crippen molar-refractivity contribution in [3.8, 4) is 0 Å². The first-order chi connectivity index (χ1) is 9.38. The van der Waals surface area contributed by atoms with Crippen LogP contribution in [-0.4, -0.2) is 25.6 Å². The van der Waals surface area contributed by atoms with Crippen molar-refractivity contribution in [1.82, 2.24) is 10.3 Å². The number of sulfone groups is 1. The lowest BCUT2D eigenvalue weighted by Crippen LogP contribution is -2.23. The summed E-state index contributed by atoms with van der Waals surface area (Å²) < 4.78 is 22.9. The summed E-state index contributed by atoms with van der Waals surface area (Å²) >= 11 is 5.93. The van der Waals surface area contributed by atoms with E-state index in [0.717, 1.165) is 11.8 Å². The van der Waals surface area contributed by atoms with Crippen molar-refractivity contribution in [1.29, 1.82) is 0 Å². The second-order valence-electron chi connectivity index (χ2n) is 4.30. The lowest BCUT2D eigenvalue weighted by atomic mass is 10.2. The van der Waals surface area contributed by atoms with Gasteiger partial charge in [-0.2, -0.15) is 0 Å². The summed E-state index contributed by atoms with van der Waals surface area (Å²) in [5.74, 6) is -0.238. The van der Waals surface area contributed by atoms with Gasteiger partial charge in [0.25, 0.3) is 5.91 Å². The quantitative estimate of drug-likeness (QED) is 0.906. The standard InChI is InChI=1S/C13H13ClN2O3S/c1-20(18,19)12-5-4-9(7-10(12)14)8-16-13(17)11-3-2-6-15-11/h2-7,15H,8H2,1H3,(H,16,17). The molecule has 2 N–H and O–H groups in total. The monoisotopic (exact) mass is 312 g/mol. The van der Waals surface area contributed by atoms with Crippen LogP contribution in [0.15, 0.2) is 41.4 Å². The average molecular weight is 313 g/mol. The molecular formula is C13H13ClN2O3S. The Balaban J connectivity index is 2.08. The molecule has 5 nitrogen and oxygen atoms in total. The lowest BCUT2D eigenvalue weighted by molar-refractivity contribution is 0.0946. The molecule has 1 aromatic carbocycles. The Morgan fingerprint density at radius 2 is 2.10 bits per heavy atom. The van der Waals surface area contributed by atoms with E-state index in [-0.39, 0.29) is 22.4 Å². The number of H-pyrrole nitrogens is 1. The third kappa shape index (κ3) is 3.40. The van der Waals surface area contributed by atoms with Gasteiger partial charge >= 0.3 is 0 Å². The highest BCUT2D eigenvalue weighted by Gasteiger charge is 2.13. The van der Waals surface area contributed by atoms with Crippen LogP contribution in [0.25, 0.3) is 0 Å². The molecule has 2 aromatic rings. The molecule has 1 aromatic heterocycles. The Bertz CT molecular complexity index is 724. The third-order valence-corrected chi connectivity index (χ3v) is 4.27. The number of carbonyl (C=O) groups is 1. The first kappa shape index (κ1) is 14.6. The van der Waals surface area contributed by atoms with E-state index in [1.807, 2.05) is 0 Å². The van der Waals surface area contributed by atoms with Crippen LogP contribution >= 0.6 is 11.6 Å². The van der Waals surface area contributed by atoms with E-state index >= 15 is 0 Å². The van der Waals surface area contributed by atoms with Crippen LogP contribution in [0.1, 0.15) is 16.1 Å². The molecule has 0 unspecified atom stereocenters. The first-order valence-corrected chi connectivity index (χ1v) is 8.05. The molecule has 1 heterocycles. The molecule has 0 radical (unpaired) electrons. The summed E-state index contributed by atoms with van der Waals surface area (Å²) in [4.78, 5) is 14.6. The number of hydrogen-bond acceptors (Lipinski definition) is 3. The molecule has 0 spiro atoms. The summed E-state index contributed by atoms with van der Waals surface area (Å²) in [6, 6.07) is 7.99. The second-order valence-corrected chi connectivity index (χ2v) is 6.69. The number of aromatic amines is 1. The Labute approximate surface area is 121 Å². The minimum absolute atomic E-state index is 0.0820. The number of rotatable bonds is 4. The van der Waals surface area contributed by atoms with E-state index in [1.165, 1.54) is 12.1 Å². The molecule has 20 heavy (non-hydrogen) atoms.